The lowest BCUT2D eigenvalue weighted by molar-refractivity contribution is -0.0904. The second-order valence-electron chi connectivity index (χ2n) is 4.27. The third-order valence-corrected chi connectivity index (χ3v) is 3.01. The summed E-state index contributed by atoms with van der Waals surface area (Å²) < 4.78 is 5.21. The number of urea groups is 2. The molecule has 9 nitrogen and oxygen atoms in total. The largest absolute Gasteiger partial charge is 0.394 e. The molecule has 4 N–H and O–H groups in total. The van der Waals surface area contributed by atoms with Gasteiger partial charge in [-0.05, 0) is 0 Å². The van der Waals surface area contributed by atoms with Crippen LogP contribution < -0.4 is 5.32 Å². The first kappa shape index (κ1) is 13.0. The van der Waals surface area contributed by atoms with E-state index in [1.165, 1.54) is 11.9 Å². The maximum Gasteiger partial charge on any atom is 0.329 e. The van der Waals surface area contributed by atoms with Crippen LogP contribution in [0.4, 0.5) is 9.59 Å². The summed E-state index contributed by atoms with van der Waals surface area (Å²) in [5, 5.41) is 30.4. The van der Waals surface area contributed by atoms with Crippen molar-refractivity contribution in [2.75, 3.05) is 20.3 Å². The number of carbonyl (C=O) groups excluding carboxylic acids is 2. The van der Waals surface area contributed by atoms with Crippen LogP contribution in [-0.4, -0.2) is 82.0 Å². The lowest BCUT2D eigenvalue weighted by Gasteiger charge is -2.37. The van der Waals surface area contributed by atoms with Crippen LogP contribution in [0.25, 0.3) is 0 Å². The molecule has 0 aliphatic carbocycles. The van der Waals surface area contributed by atoms with Gasteiger partial charge in [-0.2, -0.15) is 0 Å². The molecule has 18 heavy (non-hydrogen) atoms. The summed E-state index contributed by atoms with van der Waals surface area (Å²) >= 11 is 0. The van der Waals surface area contributed by atoms with Crippen molar-refractivity contribution < 1.29 is 29.6 Å². The molecule has 2 rings (SSSR count). The van der Waals surface area contributed by atoms with Gasteiger partial charge in [-0.3, -0.25) is 10.2 Å². The number of rotatable bonds is 2. The highest BCUT2D eigenvalue weighted by Gasteiger charge is 2.48. The molecular weight excluding hydrogens is 246 g/mol. The Balaban J connectivity index is 2.12. The van der Waals surface area contributed by atoms with Crippen molar-refractivity contribution in [1.29, 1.82) is 0 Å². The minimum absolute atomic E-state index is 0.0722. The Bertz CT molecular complexity index is 364. The van der Waals surface area contributed by atoms with E-state index in [1.807, 2.05) is 0 Å². The predicted molar refractivity (Wildman–Crippen MR) is 56.2 cm³/mol. The van der Waals surface area contributed by atoms with E-state index in [0.29, 0.717) is 0 Å². The number of aliphatic hydroxyl groups excluding tert-OH is 3. The molecule has 0 saturated carbocycles. The fraction of sp³-hybridized carbons (Fsp3) is 0.778. The average Bonchev–Trinajstić information content (AvgIpc) is 2.61. The first-order valence-electron chi connectivity index (χ1n) is 5.41. The highest BCUT2D eigenvalue weighted by Crippen LogP contribution is 2.25. The molecule has 0 aromatic carbocycles. The summed E-state index contributed by atoms with van der Waals surface area (Å²) in [7, 11) is 1.47. The number of hydrogen-bond acceptors (Lipinski definition) is 6. The molecule has 102 valence electrons. The van der Waals surface area contributed by atoms with Crippen LogP contribution in [0.1, 0.15) is 0 Å². The minimum atomic E-state index is -1.34. The molecule has 0 radical (unpaired) electrons. The molecule has 4 amide bonds. The Morgan fingerprint density at radius 3 is 2.56 bits per heavy atom. The fourth-order valence-electron chi connectivity index (χ4n) is 1.95. The molecule has 0 spiro atoms. The molecule has 2 fully saturated rings. The van der Waals surface area contributed by atoms with Gasteiger partial charge in [0.1, 0.15) is 25.0 Å². The van der Waals surface area contributed by atoms with Crippen LogP contribution in [0.3, 0.4) is 0 Å². The van der Waals surface area contributed by atoms with Gasteiger partial charge in [-0.1, -0.05) is 0 Å². The van der Waals surface area contributed by atoms with E-state index in [-0.39, 0.29) is 6.67 Å². The van der Waals surface area contributed by atoms with Gasteiger partial charge >= 0.3 is 12.1 Å². The van der Waals surface area contributed by atoms with Crippen molar-refractivity contribution in [1.82, 2.24) is 15.1 Å². The number of nitrogens with one attached hydrogen (secondary N) is 1. The van der Waals surface area contributed by atoms with Gasteiger partial charge < -0.3 is 25.0 Å². The molecule has 0 bridgehead atoms. The number of imide groups is 1. The van der Waals surface area contributed by atoms with Crippen molar-refractivity contribution >= 4 is 12.1 Å². The second kappa shape index (κ2) is 4.69. The summed E-state index contributed by atoms with van der Waals surface area (Å²) in [6.45, 7) is -0.545. The Kier molecular flexibility index (Phi) is 3.39. The zero-order valence-electron chi connectivity index (χ0n) is 9.68. The van der Waals surface area contributed by atoms with Crippen LogP contribution in [-0.2, 0) is 4.74 Å². The third kappa shape index (κ3) is 2.01. The summed E-state index contributed by atoms with van der Waals surface area (Å²) in [5.41, 5.74) is 0. The Morgan fingerprint density at radius 1 is 1.33 bits per heavy atom. The van der Waals surface area contributed by atoms with E-state index in [2.05, 4.69) is 5.32 Å². The zero-order valence-corrected chi connectivity index (χ0v) is 9.68. The van der Waals surface area contributed by atoms with Crippen LogP contribution in [0, 0.1) is 0 Å². The summed E-state index contributed by atoms with van der Waals surface area (Å²) in [5.74, 6) is 0. The molecule has 2 saturated heterocycles. The summed E-state index contributed by atoms with van der Waals surface area (Å²) in [6, 6.07) is -1.27. The first-order valence-corrected chi connectivity index (χ1v) is 5.41. The van der Waals surface area contributed by atoms with Crippen LogP contribution >= 0.6 is 0 Å². The second-order valence-corrected chi connectivity index (χ2v) is 4.27. The SMILES string of the molecule is CN1CN([C@@H]2O[C@H](CO)[C@@H](O)[C@H]2O)C(=O)NC1=O. The van der Waals surface area contributed by atoms with Gasteiger partial charge in [-0.15, -0.1) is 0 Å². The van der Waals surface area contributed by atoms with E-state index in [4.69, 9.17) is 9.84 Å². The number of hydrogen-bond donors (Lipinski definition) is 4. The van der Waals surface area contributed by atoms with E-state index in [1.54, 1.807) is 0 Å². The van der Waals surface area contributed by atoms with Gasteiger partial charge in [0.05, 0.1) is 6.61 Å². The van der Waals surface area contributed by atoms with Gasteiger partial charge in [0.15, 0.2) is 6.23 Å². The quantitative estimate of drug-likeness (QED) is 0.434. The fourth-order valence-corrected chi connectivity index (χ4v) is 1.95. The first-order chi connectivity index (χ1) is 8.45. The zero-order chi connectivity index (χ0) is 13.4. The van der Waals surface area contributed by atoms with Gasteiger partial charge in [0.2, 0.25) is 0 Å². The monoisotopic (exact) mass is 261 g/mol. The predicted octanol–water partition coefficient (Wildman–Crippen LogP) is -2.54. The smallest absolute Gasteiger partial charge is 0.329 e. The Labute approximate surface area is 103 Å². The molecule has 4 atom stereocenters. The molecule has 0 aromatic heterocycles. The number of amides is 4. The lowest BCUT2D eigenvalue weighted by Crippen LogP contribution is -2.62. The van der Waals surface area contributed by atoms with Crippen LogP contribution in [0.2, 0.25) is 0 Å². The van der Waals surface area contributed by atoms with Crippen molar-refractivity contribution in [2.24, 2.45) is 0 Å². The molecule has 0 unspecified atom stereocenters. The summed E-state index contributed by atoms with van der Waals surface area (Å²) in [6.07, 6.45) is -4.68. The van der Waals surface area contributed by atoms with E-state index >= 15 is 0 Å². The maximum atomic E-state index is 11.6. The van der Waals surface area contributed by atoms with Crippen molar-refractivity contribution in [3.63, 3.8) is 0 Å². The number of nitrogens with zero attached hydrogens (tertiary/aromatic N) is 2. The standard InChI is InChI=1S/C9H15N3O6/c1-11-3-12(9(17)10-8(11)16)7-6(15)5(14)4(2-13)18-7/h4-7,13-15H,2-3H2,1H3,(H,10,16,17)/t4-,5-,6-,7-/m1/s1. The number of aliphatic hydroxyl groups is 3. The third-order valence-electron chi connectivity index (χ3n) is 3.01. The average molecular weight is 261 g/mol. The Hall–Kier alpha value is -1.42. The van der Waals surface area contributed by atoms with Crippen LogP contribution in [0.5, 0.6) is 0 Å². The van der Waals surface area contributed by atoms with Crippen molar-refractivity contribution in [2.45, 2.75) is 24.5 Å². The van der Waals surface area contributed by atoms with Crippen LogP contribution in [0.15, 0.2) is 0 Å². The normalized spacial score (nSPS) is 37.1. The molecular formula is C9H15N3O6. The molecule has 9 heteroatoms. The van der Waals surface area contributed by atoms with Crippen molar-refractivity contribution in [3.05, 3.63) is 0 Å². The van der Waals surface area contributed by atoms with E-state index in [0.717, 1.165) is 4.90 Å². The molecule has 2 heterocycles. The highest BCUT2D eigenvalue weighted by molar-refractivity contribution is 5.95. The number of carbonyl (C=O) groups is 2. The minimum Gasteiger partial charge on any atom is -0.394 e. The van der Waals surface area contributed by atoms with Gasteiger partial charge in [0, 0.05) is 7.05 Å². The number of ether oxygens (including phenoxy) is 1. The highest BCUT2D eigenvalue weighted by atomic mass is 16.6. The Morgan fingerprint density at radius 2 is 2.00 bits per heavy atom. The lowest BCUT2D eigenvalue weighted by atomic mass is 10.1. The molecule has 0 aromatic rings. The van der Waals surface area contributed by atoms with E-state index < -0.39 is 43.2 Å². The van der Waals surface area contributed by atoms with E-state index in [9.17, 15) is 19.8 Å². The maximum absolute atomic E-state index is 11.6. The van der Waals surface area contributed by atoms with Crippen molar-refractivity contribution in [3.8, 4) is 0 Å². The molecule has 2 aliphatic rings. The van der Waals surface area contributed by atoms with Gasteiger partial charge in [-0.25, -0.2) is 9.59 Å². The topological polar surface area (TPSA) is 123 Å². The summed E-state index contributed by atoms with van der Waals surface area (Å²) in [4.78, 5) is 25.1. The van der Waals surface area contributed by atoms with Gasteiger partial charge in [0.25, 0.3) is 0 Å². The molecule has 2 aliphatic heterocycles.